The van der Waals surface area contributed by atoms with E-state index < -0.39 is 0 Å². The Labute approximate surface area is 109 Å². The van der Waals surface area contributed by atoms with E-state index in [-0.39, 0.29) is 0 Å². The summed E-state index contributed by atoms with van der Waals surface area (Å²) in [6.45, 7) is 3.13. The molecule has 1 nitrogen and oxygen atoms in total. The first-order chi connectivity index (χ1) is 7.65. The molecule has 0 bridgehead atoms. The Balaban J connectivity index is 2.59. The first kappa shape index (κ1) is 13.6. The van der Waals surface area contributed by atoms with Crippen LogP contribution >= 0.6 is 24.2 Å². The normalized spacial score (nSPS) is 13.6. The Hall–Kier alpha value is -0.440. The molecule has 0 spiro atoms. The summed E-state index contributed by atoms with van der Waals surface area (Å²) in [6.07, 6.45) is 4.20. The lowest BCUT2D eigenvalue weighted by molar-refractivity contribution is 0.289. The van der Waals surface area contributed by atoms with Crippen molar-refractivity contribution in [1.29, 1.82) is 0 Å². The monoisotopic (exact) mass is 255 g/mol. The maximum absolute atomic E-state index is 5.87. The van der Waals surface area contributed by atoms with Crippen molar-refractivity contribution in [3.63, 3.8) is 0 Å². The number of nitrogens with zero attached hydrogens (tertiary/aromatic N) is 1. The van der Waals surface area contributed by atoms with Crippen LogP contribution in [0, 0.1) is 0 Å². The topological polar surface area (TPSA) is 3.24 Å². The van der Waals surface area contributed by atoms with Gasteiger partial charge in [-0.05, 0) is 31.7 Å². The first-order valence-electron chi connectivity index (χ1n) is 5.36. The SMILES string of the molecule is CC(c1ccc(Cl)cc1)N(C)CC=CCS. The Bertz CT molecular complexity index is 334. The van der Waals surface area contributed by atoms with Crippen molar-refractivity contribution >= 4 is 24.2 Å². The summed E-state index contributed by atoms with van der Waals surface area (Å²) in [4.78, 5) is 2.28. The van der Waals surface area contributed by atoms with Gasteiger partial charge in [0, 0.05) is 23.4 Å². The highest BCUT2D eigenvalue weighted by Gasteiger charge is 2.09. The maximum atomic E-state index is 5.87. The van der Waals surface area contributed by atoms with Crippen LogP contribution in [0.1, 0.15) is 18.5 Å². The molecule has 0 aromatic heterocycles. The standard InChI is InChI=1S/C13H18ClNS/c1-11(15(2)9-3-4-10-16)12-5-7-13(14)8-6-12/h3-8,11,16H,9-10H2,1-2H3. The van der Waals surface area contributed by atoms with Gasteiger partial charge in [0.05, 0.1) is 0 Å². The van der Waals surface area contributed by atoms with Crippen molar-refractivity contribution in [3.8, 4) is 0 Å². The van der Waals surface area contributed by atoms with Gasteiger partial charge in [-0.2, -0.15) is 12.6 Å². The average Bonchev–Trinajstić information content (AvgIpc) is 2.29. The smallest absolute Gasteiger partial charge is 0.0406 e. The van der Waals surface area contributed by atoms with Crippen molar-refractivity contribution < 1.29 is 0 Å². The fourth-order valence-corrected chi connectivity index (χ4v) is 1.74. The highest BCUT2D eigenvalue weighted by atomic mass is 35.5. The summed E-state index contributed by atoms with van der Waals surface area (Å²) < 4.78 is 0. The van der Waals surface area contributed by atoms with Crippen LogP contribution in [0.3, 0.4) is 0 Å². The number of halogens is 1. The molecule has 0 heterocycles. The Kier molecular flexibility index (Phi) is 5.96. The fraction of sp³-hybridized carbons (Fsp3) is 0.385. The van der Waals surface area contributed by atoms with Crippen LogP contribution in [-0.4, -0.2) is 24.2 Å². The molecule has 1 unspecified atom stereocenters. The first-order valence-corrected chi connectivity index (χ1v) is 6.37. The van der Waals surface area contributed by atoms with E-state index in [9.17, 15) is 0 Å². The third kappa shape index (κ3) is 4.20. The number of rotatable bonds is 5. The molecule has 0 aliphatic rings. The van der Waals surface area contributed by atoms with Crippen LogP contribution in [-0.2, 0) is 0 Å². The van der Waals surface area contributed by atoms with Crippen molar-refractivity contribution in [1.82, 2.24) is 4.90 Å². The predicted molar refractivity (Wildman–Crippen MR) is 75.5 cm³/mol. The van der Waals surface area contributed by atoms with E-state index in [4.69, 9.17) is 11.6 Å². The van der Waals surface area contributed by atoms with Crippen LogP contribution in [0.5, 0.6) is 0 Å². The molecule has 0 fully saturated rings. The molecule has 1 aromatic carbocycles. The lowest BCUT2D eigenvalue weighted by atomic mass is 10.1. The molecule has 88 valence electrons. The molecule has 0 amide bonds. The summed E-state index contributed by atoms with van der Waals surface area (Å²) in [5.41, 5.74) is 1.28. The van der Waals surface area contributed by atoms with Gasteiger partial charge in [0.15, 0.2) is 0 Å². The van der Waals surface area contributed by atoms with Gasteiger partial charge in [-0.25, -0.2) is 0 Å². The van der Waals surface area contributed by atoms with Gasteiger partial charge in [0.2, 0.25) is 0 Å². The van der Waals surface area contributed by atoms with Crippen LogP contribution in [0.15, 0.2) is 36.4 Å². The molecule has 0 N–H and O–H groups in total. The van der Waals surface area contributed by atoms with Crippen molar-refractivity contribution in [2.45, 2.75) is 13.0 Å². The Morgan fingerprint density at radius 2 is 1.94 bits per heavy atom. The van der Waals surface area contributed by atoms with Crippen molar-refractivity contribution in [2.75, 3.05) is 19.3 Å². The fourth-order valence-electron chi connectivity index (χ4n) is 1.47. The number of thiol groups is 1. The van der Waals surface area contributed by atoms with Gasteiger partial charge in [-0.15, -0.1) is 0 Å². The van der Waals surface area contributed by atoms with Crippen LogP contribution in [0.25, 0.3) is 0 Å². The van der Waals surface area contributed by atoms with Gasteiger partial charge in [-0.1, -0.05) is 35.9 Å². The molecule has 3 heteroatoms. The largest absolute Gasteiger partial charge is 0.296 e. The molecule has 0 radical (unpaired) electrons. The van der Waals surface area contributed by atoms with Gasteiger partial charge >= 0.3 is 0 Å². The molecule has 1 aromatic rings. The second-order valence-electron chi connectivity index (χ2n) is 3.82. The zero-order chi connectivity index (χ0) is 12.0. The zero-order valence-corrected chi connectivity index (χ0v) is 11.4. The van der Waals surface area contributed by atoms with Crippen molar-refractivity contribution in [3.05, 3.63) is 47.0 Å². The molecule has 1 atom stereocenters. The van der Waals surface area contributed by atoms with Crippen LogP contribution < -0.4 is 0 Å². The second kappa shape index (κ2) is 7.00. The van der Waals surface area contributed by atoms with E-state index >= 15 is 0 Å². The molecule has 0 aliphatic carbocycles. The van der Waals surface area contributed by atoms with E-state index in [1.165, 1.54) is 5.56 Å². The number of benzene rings is 1. The number of hydrogen-bond donors (Lipinski definition) is 1. The third-order valence-electron chi connectivity index (χ3n) is 2.68. The number of likely N-dealkylation sites (N-methyl/N-ethyl adjacent to an activating group) is 1. The minimum atomic E-state index is 0.391. The third-order valence-corrected chi connectivity index (χ3v) is 3.14. The number of hydrogen-bond acceptors (Lipinski definition) is 2. The molecule has 16 heavy (non-hydrogen) atoms. The molecular weight excluding hydrogens is 238 g/mol. The summed E-state index contributed by atoms with van der Waals surface area (Å²) in [5.74, 6) is 0.795. The summed E-state index contributed by atoms with van der Waals surface area (Å²) in [6, 6.07) is 8.41. The molecule has 0 aliphatic heterocycles. The van der Waals surface area contributed by atoms with E-state index in [1.807, 2.05) is 12.1 Å². The van der Waals surface area contributed by atoms with Crippen LogP contribution in [0.4, 0.5) is 0 Å². The van der Waals surface area contributed by atoms with E-state index in [1.54, 1.807) is 0 Å². The Morgan fingerprint density at radius 1 is 1.31 bits per heavy atom. The maximum Gasteiger partial charge on any atom is 0.0406 e. The molecule has 1 rings (SSSR count). The minimum Gasteiger partial charge on any atom is -0.296 e. The highest BCUT2D eigenvalue weighted by molar-refractivity contribution is 7.80. The highest BCUT2D eigenvalue weighted by Crippen LogP contribution is 2.20. The lowest BCUT2D eigenvalue weighted by Gasteiger charge is -2.23. The summed E-state index contributed by atoms with van der Waals surface area (Å²) in [7, 11) is 2.11. The quantitative estimate of drug-likeness (QED) is 0.619. The summed E-state index contributed by atoms with van der Waals surface area (Å²) in [5, 5.41) is 0.786. The Morgan fingerprint density at radius 3 is 2.50 bits per heavy atom. The summed E-state index contributed by atoms with van der Waals surface area (Å²) >= 11 is 10.0. The predicted octanol–water partition coefficient (Wildman–Crippen LogP) is 3.82. The van der Waals surface area contributed by atoms with E-state index in [0.717, 1.165) is 17.3 Å². The van der Waals surface area contributed by atoms with E-state index in [2.05, 4.69) is 55.8 Å². The minimum absolute atomic E-state index is 0.391. The molecule has 0 saturated heterocycles. The van der Waals surface area contributed by atoms with Crippen LogP contribution in [0.2, 0.25) is 5.02 Å². The van der Waals surface area contributed by atoms with E-state index in [0.29, 0.717) is 6.04 Å². The molecule has 0 saturated carbocycles. The average molecular weight is 256 g/mol. The zero-order valence-electron chi connectivity index (χ0n) is 9.73. The molecular formula is C13H18ClNS. The lowest BCUT2D eigenvalue weighted by Crippen LogP contribution is -2.22. The van der Waals surface area contributed by atoms with Gasteiger partial charge in [-0.3, -0.25) is 4.90 Å². The van der Waals surface area contributed by atoms with Crippen molar-refractivity contribution in [2.24, 2.45) is 0 Å². The van der Waals surface area contributed by atoms with Gasteiger partial charge in [0.1, 0.15) is 0 Å². The second-order valence-corrected chi connectivity index (χ2v) is 4.62. The van der Waals surface area contributed by atoms with Gasteiger partial charge in [0.25, 0.3) is 0 Å². The van der Waals surface area contributed by atoms with Gasteiger partial charge < -0.3 is 0 Å².